The van der Waals surface area contributed by atoms with Crippen LogP contribution in [0.3, 0.4) is 0 Å². The van der Waals surface area contributed by atoms with Crippen LogP contribution in [0.5, 0.6) is 0 Å². The molecule has 2 atom stereocenters. The summed E-state index contributed by atoms with van der Waals surface area (Å²) in [4.78, 5) is 25.9. The van der Waals surface area contributed by atoms with Crippen molar-refractivity contribution in [1.82, 2.24) is 29.5 Å². The van der Waals surface area contributed by atoms with E-state index in [2.05, 4.69) is 27.1 Å². The SMILES string of the molecule is CN1CC[C@]2(C1)CN(C(=O)CCn1ccnc1)C[C@H]2c1nc(-c2ccc(F)cc2)no1. The highest BCUT2D eigenvalue weighted by atomic mass is 19.1. The van der Waals surface area contributed by atoms with Gasteiger partial charge in [0.05, 0.1) is 12.2 Å². The van der Waals surface area contributed by atoms with Gasteiger partial charge >= 0.3 is 0 Å². The molecule has 0 radical (unpaired) electrons. The maximum Gasteiger partial charge on any atom is 0.232 e. The molecule has 2 aliphatic rings. The molecule has 8 nitrogen and oxygen atoms in total. The maximum absolute atomic E-state index is 13.3. The molecule has 1 spiro atoms. The molecule has 5 rings (SSSR count). The number of halogens is 1. The second kappa shape index (κ2) is 7.88. The fourth-order valence-corrected chi connectivity index (χ4v) is 4.92. The van der Waals surface area contributed by atoms with Crippen molar-refractivity contribution in [2.45, 2.75) is 25.3 Å². The van der Waals surface area contributed by atoms with Crippen molar-refractivity contribution in [3.05, 3.63) is 54.7 Å². The van der Waals surface area contributed by atoms with Gasteiger partial charge < -0.3 is 18.9 Å². The zero-order chi connectivity index (χ0) is 21.4. The number of imidazole rings is 1. The summed E-state index contributed by atoms with van der Waals surface area (Å²) in [5.74, 6) is 0.807. The van der Waals surface area contributed by atoms with E-state index in [9.17, 15) is 9.18 Å². The van der Waals surface area contributed by atoms with Crippen LogP contribution in [0, 0.1) is 11.2 Å². The molecule has 9 heteroatoms. The topological polar surface area (TPSA) is 80.3 Å². The highest BCUT2D eigenvalue weighted by Gasteiger charge is 2.53. The van der Waals surface area contributed by atoms with Crippen molar-refractivity contribution in [2.75, 3.05) is 33.2 Å². The molecule has 2 fully saturated rings. The van der Waals surface area contributed by atoms with Crippen LogP contribution in [0.15, 0.2) is 47.5 Å². The van der Waals surface area contributed by atoms with Crippen molar-refractivity contribution < 1.29 is 13.7 Å². The highest BCUT2D eigenvalue weighted by molar-refractivity contribution is 5.76. The number of carbonyl (C=O) groups excluding carboxylic acids is 1. The first-order valence-electron chi connectivity index (χ1n) is 10.5. The summed E-state index contributed by atoms with van der Waals surface area (Å²) in [5.41, 5.74) is 0.617. The molecule has 2 saturated heterocycles. The van der Waals surface area contributed by atoms with Gasteiger partial charge in [-0.2, -0.15) is 4.98 Å². The molecule has 4 heterocycles. The van der Waals surface area contributed by atoms with Crippen molar-refractivity contribution in [3.63, 3.8) is 0 Å². The Kier molecular flexibility index (Phi) is 5.05. The van der Waals surface area contributed by atoms with E-state index < -0.39 is 0 Å². The normalized spacial score (nSPS) is 23.8. The quantitative estimate of drug-likeness (QED) is 0.626. The lowest BCUT2D eigenvalue weighted by atomic mass is 9.77. The summed E-state index contributed by atoms with van der Waals surface area (Å²) in [6.45, 7) is 3.74. The van der Waals surface area contributed by atoms with Crippen LogP contribution in [-0.4, -0.2) is 68.6 Å². The molecule has 0 aliphatic carbocycles. The summed E-state index contributed by atoms with van der Waals surface area (Å²) < 4.78 is 20.8. The lowest BCUT2D eigenvalue weighted by molar-refractivity contribution is -0.130. The van der Waals surface area contributed by atoms with Gasteiger partial charge in [0.25, 0.3) is 0 Å². The minimum Gasteiger partial charge on any atom is -0.341 e. The predicted octanol–water partition coefficient (Wildman–Crippen LogP) is 2.41. The second-order valence-corrected chi connectivity index (χ2v) is 8.69. The Bertz CT molecular complexity index is 1050. The molecule has 162 valence electrons. The molecule has 1 aromatic carbocycles. The van der Waals surface area contributed by atoms with Crippen LogP contribution in [0.4, 0.5) is 4.39 Å². The zero-order valence-corrected chi connectivity index (χ0v) is 17.4. The first-order chi connectivity index (χ1) is 15.0. The Morgan fingerprint density at radius 2 is 2.13 bits per heavy atom. The van der Waals surface area contributed by atoms with Crippen LogP contribution < -0.4 is 0 Å². The van der Waals surface area contributed by atoms with Gasteiger partial charge in [-0.25, -0.2) is 9.37 Å². The molecular weight excluding hydrogens is 399 g/mol. The lowest BCUT2D eigenvalue weighted by Gasteiger charge is -2.27. The average molecular weight is 424 g/mol. The first kappa shape index (κ1) is 19.9. The van der Waals surface area contributed by atoms with Crippen LogP contribution in [0.2, 0.25) is 0 Å². The third kappa shape index (κ3) is 3.85. The summed E-state index contributed by atoms with van der Waals surface area (Å²) in [6, 6.07) is 6.05. The van der Waals surface area contributed by atoms with E-state index in [0.717, 1.165) is 19.5 Å². The van der Waals surface area contributed by atoms with E-state index in [1.807, 2.05) is 15.7 Å². The van der Waals surface area contributed by atoms with E-state index in [0.29, 0.717) is 43.3 Å². The van der Waals surface area contributed by atoms with E-state index in [4.69, 9.17) is 4.52 Å². The predicted molar refractivity (Wildman–Crippen MR) is 110 cm³/mol. The number of likely N-dealkylation sites (tertiary alicyclic amines) is 2. The van der Waals surface area contributed by atoms with Gasteiger partial charge in [-0.15, -0.1) is 0 Å². The Labute approximate surface area is 179 Å². The number of hydrogen-bond acceptors (Lipinski definition) is 6. The zero-order valence-electron chi connectivity index (χ0n) is 17.4. The summed E-state index contributed by atoms with van der Waals surface area (Å²) >= 11 is 0. The van der Waals surface area contributed by atoms with E-state index >= 15 is 0 Å². The molecule has 2 aliphatic heterocycles. The fraction of sp³-hybridized carbons (Fsp3) is 0.455. The second-order valence-electron chi connectivity index (χ2n) is 8.69. The number of carbonyl (C=O) groups is 1. The maximum atomic E-state index is 13.3. The molecule has 1 amide bonds. The van der Waals surface area contributed by atoms with Crippen LogP contribution in [-0.2, 0) is 11.3 Å². The Balaban J connectivity index is 1.36. The van der Waals surface area contributed by atoms with Gasteiger partial charge in [0.15, 0.2) is 0 Å². The van der Waals surface area contributed by atoms with Crippen LogP contribution in [0.25, 0.3) is 11.4 Å². The molecular formula is C22H25FN6O2. The Morgan fingerprint density at radius 1 is 1.29 bits per heavy atom. The van der Waals surface area contributed by atoms with E-state index in [-0.39, 0.29) is 23.1 Å². The van der Waals surface area contributed by atoms with Crippen molar-refractivity contribution in [2.24, 2.45) is 5.41 Å². The molecule has 2 aromatic heterocycles. The molecule has 0 bridgehead atoms. The fourth-order valence-electron chi connectivity index (χ4n) is 4.92. The summed E-state index contributed by atoms with van der Waals surface area (Å²) in [5, 5.41) is 4.14. The minimum atomic E-state index is -0.305. The Hall–Kier alpha value is -3.07. The first-order valence-corrected chi connectivity index (χ1v) is 10.5. The van der Waals surface area contributed by atoms with Gasteiger partial charge in [0.1, 0.15) is 5.82 Å². The number of aryl methyl sites for hydroxylation is 1. The monoisotopic (exact) mass is 424 g/mol. The number of amides is 1. The van der Waals surface area contributed by atoms with Crippen molar-refractivity contribution >= 4 is 5.91 Å². The third-order valence-electron chi connectivity index (χ3n) is 6.56. The number of nitrogens with zero attached hydrogens (tertiary/aromatic N) is 6. The minimum absolute atomic E-state index is 0.0173. The highest BCUT2D eigenvalue weighted by Crippen LogP contribution is 2.48. The molecule has 0 unspecified atom stereocenters. The lowest BCUT2D eigenvalue weighted by Crippen LogP contribution is -2.34. The van der Waals surface area contributed by atoms with E-state index in [1.165, 1.54) is 12.1 Å². The standard InChI is InChI=1S/C22H25FN6O2/c1-27-10-7-22(13-27)14-29(19(30)6-9-28-11-8-24-15-28)12-18(22)21-25-20(26-31-21)16-2-4-17(23)5-3-16/h2-5,8,11,15,18H,6-7,9-10,12-14H2,1H3/t18-,22-/m0/s1. The number of aromatic nitrogens is 4. The van der Waals surface area contributed by atoms with Crippen LogP contribution in [0.1, 0.15) is 24.7 Å². The van der Waals surface area contributed by atoms with Gasteiger partial charge in [-0.3, -0.25) is 4.79 Å². The molecule has 0 N–H and O–H groups in total. The van der Waals surface area contributed by atoms with Gasteiger partial charge in [-0.05, 0) is 44.3 Å². The number of rotatable bonds is 5. The number of hydrogen-bond donors (Lipinski definition) is 0. The van der Waals surface area contributed by atoms with Crippen molar-refractivity contribution in [3.8, 4) is 11.4 Å². The summed E-state index contributed by atoms with van der Waals surface area (Å²) in [6.07, 6.45) is 6.72. The van der Waals surface area contributed by atoms with Crippen molar-refractivity contribution in [1.29, 1.82) is 0 Å². The largest absolute Gasteiger partial charge is 0.341 e. The van der Waals surface area contributed by atoms with Gasteiger partial charge in [-0.1, -0.05) is 5.16 Å². The Morgan fingerprint density at radius 3 is 2.84 bits per heavy atom. The van der Waals surface area contributed by atoms with Gasteiger partial charge in [0.2, 0.25) is 17.6 Å². The smallest absolute Gasteiger partial charge is 0.232 e. The van der Waals surface area contributed by atoms with E-state index in [1.54, 1.807) is 24.7 Å². The number of benzene rings is 1. The average Bonchev–Trinajstić information content (AvgIpc) is 3.55. The molecule has 31 heavy (non-hydrogen) atoms. The third-order valence-corrected chi connectivity index (χ3v) is 6.56. The summed E-state index contributed by atoms with van der Waals surface area (Å²) in [7, 11) is 2.10. The molecule has 3 aromatic rings. The molecule has 0 saturated carbocycles. The van der Waals surface area contributed by atoms with Gasteiger partial charge in [0, 0.05) is 56.0 Å². The van der Waals surface area contributed by atoms with Crippen LogP contribution >= 0.6 is 0 Å².